The standard InChI is InChI=1S/C16H21N3OS.HI/c1-13(2)11-18-16(19-12-15-6-4-10-21-15)17-8-7-14-5-3-9-20-14;/h3-6,9-10H,1,7-8,11-12H2,2H3,(H2,17,18,19);1H. The molecule has 2 heterocycles. The van der Waals surface area contributed by atoms with Gasteiger partial charge in [-0.15, -0.1) is 35.3 Å². The molecule has 0 fully saturated rings. The fraction of sp³-hybridized carbons (Fsp3) is 0.312. The van der Waals surface area contributed by atoms with Crippen LogP contribution in [0.2, 0.25) is 0 Å². The highest BCUT2D eigenvalue weighted by molar-refractivity contribution is 14.0. The van der Waals surface area contributed by atoms with E-state index >= 15 is 0 Å². The zero-order valence-electron chi connectivity index (χ0n) is 12.7. The lowest BCUT2D eigenvalue weighted by atomic mass is 10.3. The van der Waals surface area contributed by atoms with Crippen LogP contribution in [0.1, 0.15) is 17.6 Å². The first-order chi connectivity index (χ1) is 10.2. The van der Waals surface area contributed by atoms with Crippen LogP contribution in [0, 0.1) is 0 Å². The molecule has 0 saturated carbocycles. The average molecular weight is 431 g/mol. The molecule has 4 nitrogen and oxygen atoms in total. The number of nitrogens with one attached hydrogen (secondary N) is 2. The van der Waals surface area contributed by atoms with E-state index in [9.17, 15) is 0 Å². The Labute approximate surface area is 152 Å². The number of furan rings is 1. The third-order valence-electron chi connectivity index (χ3n) is 2.77. The monoisotopic (exact) mass is 431 g/mol. The van der Waals surface area contributed by atoms with E-state index in [1.807, 2.05) is 25.1 Å². The Morgan fingerprint density at radius 1 is 1.32 bits per heavy atom. The summed E-state index contributed by atoms with van der Waals surface area (Å²) in [6.45, 7) is 8.07. The Kier molecular flexibility index (Phi) is 8.91. The molecule has 2 rings (SSSR count). The van der Waals surface area contributed by atoms with Gasteiger partial charge < -0.3 is 15.1 Å². The van der Waals surface area contributed by atoms with Crippen LogP contribution < -0.4 is 10.6 Å². The van der Waals surface area contributed by atoms with Crippen LogP contribution in [0.25, 0.3) is 0 Å². The molecule has 0 unspecified atom stereocenters. The average Bonchev–Trinajstić information content (AvgIpc) is 3.14. The minimum atomic E-state index is 0. The molecule has 2 aromatic rings. The van der Waals surface area contributed by atoms with Crippen LogP contribution in [0.4, 0.5) is 0 Å². The molecule has 0 spiro atoms. The number of hydrogen-bond acceptors (Lipinski definition) is 3. The quantitative estimate of drug-likeness (QED) is 0.304. The van der Waals surface area contributed by atoms with Gasteiger partial charge in [-0.05, 0) is 30.5 Å². The number of rotatable bonds is 7. The second kappa shape index (κ2) is 10.4. The first-order valence-corrected chi connectivity index (χ1v) is 7.83. The van der Waals surface area contributed by atoms with Crippen molar-refractivity contribution in [3.63, 3.8) is 0 Å². The smallest absolute Gasteiger partial charge is 0.191 e. The van der Waals surface area contributed by atoms with Crippen LogP contribution >= 0.6 is 35.3 Å². The maximum absolute atomic E-state index is 5.32. The van der Waals surface area contributed by atoms with E-state index in [1.165, 1.54) is 4.88 Å². The summed E-state index contributed by atoms with van der Waals surface area (Å²) in [6.07, 6.45) is 2.53. The highest BCUT2D eigenvalue weighted by Gasteiger charge is 2.01. The van der Waals surface area contributed by atoms with E-state index in [1.54, 1.807) is 17.6 Å². The van der Waals surface area contributed by atoms with Crippen molar-refractivity contribution in [2.45, 2.75) is 19.9 Å². The summed E-state index contributed by atoms with van der Waals surface area (Å²) in [5.41, 5.74) is 1.08. The topological polar surface area (TPSA) is 49.6 Å². The molecule has 0 aliphatic heterocycles. The van der Waals surface area contributed by atoms with Gasteiger partial charge in [0, 0.05) is 24.4 Å². The number of nitrogens with zero attached hydrogens (tertiary/aromatic N) is 1. The van der Waals surface area contributed by atoms with Gasteiger partial charge in [0.25, 0.3) is 0 Å². The predicted molar refractivity (Wildman–Crippen MR) is 104 cm³/mol. The van der Waals surface area contributed by atoms with E-state index in [4.69, 9.17) is 4.42 Å². The van der Waals surface area contributed by atoms with Crippen LogP contribution in [0.3, 0.4) is 0 Å². The van der Waals surface area contributed by atoms with Crippen molar-refractivity contribution in [1.82, 2.24) is 10.6 Å². The Morgan fingerprint density at radius 2 is 2.18 bits per heavy atom. The molecular formula is C16H22IN3OS. The summed E-state index contributed by atoms with van der Waals surface area (Å²) in [5.74, 6) is 1.78. The van der Waals surface area contributed by atoms with Gasteiger partial charge in [0.1, 0.15) is 5.76 Å². The lowest BCUT2D eigenvalue weighted by Gasteiger charge is -2.12. The summed E-state index contributed by atoms with van der Waals surface area (Å²) in [5, 5.41) is 8.66. The fourth-order valence-electron chi connectivity index (χ4n) is 1.73. The normalized spacial score (nSPS) is 10.9. The number of aliphatic imine (C=N–C) groups is 1. The van der Waals surface area contributed by atoms with Gasteiger partial charge in [0.05, 0.1) is 12.8 Å². The Bertz CT molecular complexity index is 564. The van der Waals surface area contributed by atoms with Crippen LogP contribution in [0.15, 0.2) is 57.5 Å². The molecule has 0 amide bonds. The minimum absolute atomic E-state index is 0. The van der Waals surface area contributed by atoms with Crippen molar-refractivity contribution in [3.05, 3.63) is 58.7 Å². The summed E-state index contributed by atoms with van der Waals surface area (Å²) in [6, 6.07) is 8.01. The largest absolute Gasteiger partial charge is 0.469 e. The highest BCUT2D eigenvalue weighted by Crippen LogP contribution is 2.09. The molecule has 6 heteroatoms. The number of thiophene rings is 1. The van der Waals surface area contributed by atoms with Gasteiger partial charge in [-0.3, -0.25) is 0 Å². The van der Waals surface area contributed by atoms with Gasteiger partial charge in [0.2, 0.25) is 0 Å². The van der Waals surface area contributed by atoms with Gasteiger partial charge in [-0.1, -0.05) is 18.2 Å². The zero-order chi connectivity index (χ0) is 14.9. The summed E-state index contributed by atoms with van der Waals surface area (Å²) in [4.78, 5) is 5.84. The second-order valence-electron chi connectivity index (χ2n) is 4.81. The van der Waals surface area contributed by atoms with Crippen molar-refractivity contribution in [1.29, 1.82) is 0 Å². The van der Waals surface area contributed by atoms with Crippen molar-refractivity contribution < 1.29 is 4.42 Å². The van der Waals surface area contributed by atoms with E-state index in [0.717, 1.165) is 36.8 Å². The Balaban J connectivity index is 0.00000242. The first kappa shape index (κ1) is 18.8. The molecule has 0 saturated heterocycles. The predicted octanol–water partition coefficient (Wildman–Crippen LogP) is 3.81. The van der Waals surface area contributed by atoms with Crippen molar-refractivity contribution >= 4 is 41.3 Å². The molecular weight excluding hydrogens is 409 g/mol. The van der Waals surface area contributed by atoms with Crippen molar-refractivity contribution in [3.8, 4) is 0 Å². The molecule has 0 aromatic carbocycles. The third-order valence-corrected chi connectivity index (χ3v) is 3.64. The molecule has 0 aliphatic carbocycles. The molecule has 0 radical (unpaired) electrons. The molecule has 120 valence electrons. The van der Waals surface area contributed by atoms with Gasteiger partial charge >= 0.3 is 0 Å². The van der Waals surface area contributed by atoms with E-state index in [0.29, 0.717) is 6.54 Å². The SMILES string of the molecule is C=C(C)CNC(=NCc1cccs1)NCCc1ccco1.I. The van der Waals surface area contributed by atoms with Crippen LogP contribution in [-0.2, 0) is 13.0 Å². The maximum atomic E-state index is 5.32. The minimum Gasteiger partial charge on any atom is -0.469 e. The molecule has 22 heavy (non-hydrogen) atoms. The summed E-state index contributed by atoms with van der Waals surface area (Å²) in [7, 11) is 0. The van der Waals surface area contributed by atoms with Gasteiger partial charge in [0.15, 0.2) is 5.96 Å². The zero-order valence-corrected chi connectivity index (χ0v) is 15.8. The highest BCUT2D eigenvalue weighted by atomic mass is 127. The molecule has 2 aromatic heterocycles. The van der Waals surface area contributed by atoms with Crippen LogP contribution in [0.5, 0.6) is 0 Å². The van der Waals surface area contributed by atoms with Crippen LogP contribution in [-0.4, -0.2) is 19.0 Å². The van der Waals surface area contributed by atoms with Crippen molar-refractivity contribution in [2.75, 3.05) is 13.1 Å². The van der Waals surface area contributed by atoms with Crippen molar-refractivity contribution in [2.24, 2.45) is 4.99 Å². The third kappa shape index (κ3) is 7.13. The molecule has 0 bridgehead atoms. The molecule has 0 atom stereocenters. The lowest BCUT2D eigenvalue weighted by Crippen LogP contribution is -2.39. The summed E-state index contributed by atoms with van der Waals surface area (Å²) < 4.78 is 5.32. The number of halogens is 1. The Morgan fingerprint density at radius 3 is 2.82 bits per heavy atom. The van der Waals surface area contributed by atoms with E-state index < -0.39 is 0 Å². The fourth-order valence-corrected chi connectivity index (χ4v) is 2.36. The lowest BCUT2D eigenvalue weighted by molar-refractivity contribution is 0.507. The Hall–Kier alpha value is -1.28. The van der Waals surface area contributed by atoms with E-state index in [2.05, 4.69) is 33.7 Å². The van der Waals surface area contributed by atoms with E-state index in [-0.39, 0.29) is 24.0 Å². The number of guanidine groups is 1. The maximum Gasteiger partial charge on any atom is 0.191 e. The first-order valence-electron chi connectivity index (χ1n) is 6.95. The van der Waals surface area contributed by atoms with Gasteiger partial charge in [-0.2, -0.15) is 0 Å². The molecule has 0 aliphatic rings. The number of hydrogen-bond donors (Lipinski definition) is 2. The summed E-state index contributed by atoms with van der Waals surface area (Å²) >= 11 is 1.72. The molecule has 2 N–H and O–H groups in total. The van der Waals surface area contributed by atoms with Gasteiger partial charge in [-0.25, -0.2) is 4.99 Å². The second-order valence-corrected chi connectivity index (χ2v) is 5.84.